The summed E-state index contributed by atoms with van der Waals surface area (Å²) < 4.78 is 19.0. The first-order valence-electron chi connectivity index (χ1n) is 7.41. The molecule has 0 aliphatic heterocycles. The van der Waals surface area contributed by atoms with Crippen LogP contribution >= 0.6 is 0 Å². The fourth-order valence-corrected chi connectivity index (χ4v) is 2.18. The van der Waals surface area contributed by atoms with Crippen LogP contribution < -0.4 is 10.1 Å². The maximum absolute atomic E-state index is 13.5. The molecule has 0 saturated heterocycles. The molecule has 2 aromatic carbocycles. The summed E-state index contributed by atoms with van der Waals surface area (Å²) in [7, 11) is 0. The summed E-state index contributed by atoms with van der Waals surface area (Å²) in [5.74, 6) is 0.408. The zero-order valence-electron chi connectivity index (χ0n) is 12.6. The standard InChI is InChI=1S/C18H20FNO2/c1-2-22-17-10-6-4-7-14(17)11-12-18(21)20-13-15-8-3-5-9-16(15)19/h3-10H,2,11-13H2,1H3,(H,20,21). The first-order chi connectivity index (χ1) is 10.7. The van der Waals surface area contributed by atoms with E-state index in [-0.39, 0.29) is 18.3 Å². The normalized spacial score (nSPS) is 10.3. The van der Waals surface area contributed by atoms with E-state index in [1.54, 1.807) is 18.2 Å². The van der Waals surface area contributed by atoms with Gasteiger partial charge in [-0.3, -0.25) is 4.79 Å². The van der Waals surface area contributed by atoms with Gasteiger partial charge in [0.25, 0.3) is 0 Å². The number of hydrogen-bond donors (Lipinski definition) is 1. The molecule has 0 unspecified atom stereocenters. The molecule has 0 saturated carbocycles. The summed E-state index contributed by atoms with van der Waals surface area (Å²) >= 11 is 0. The van der Waals surface area contributed by atoms with Crippen molar-refractivity contribution in [3.63, 3.8) is 0 Å². The maximum Gasteiger partial charge on any atom is 0.220 e. The highest BCUT2D eigenvalue weighted by Gasteiger charge is 2.07. The van der Waals surface area contributed by atoms with Crippen molar-refractivity contribution in [3.8, 4) is 5.75 Å². The minimum atomic E-state index is -0.301. The molecular formula is C18H20FNO2. The van der Waals surface area contributed by atoms with Crippen LogP contribution in [0.4, 0.5) is 4.39 Å². The van der Waals surface area contributed by atoms with Crippen molar-refractivity contribution in [2.45, 2.75) is 26.3 Å². The van der Waals surface area contributed by atoms with Crippen molar-refractivity contribution in [3.05, 3.63) is 65.5 Å². The number of para-hydroxylation sites is 1. The Kier molecular flexibility index (Phi) is 5.95. The van der Waals surface area contributed by atoms with Crippen molar-refractivity contribution in [2.75, 3.05) is 6.61 Å². The summed E-state index contributed by atoms with van der Waals surface area (Å²) in [6.07, 6.45) is 0.942. The smallest absolute Gasteiger partial charge is 0.220 e. The second-order valence-corrected chi connectivity index (χ2v) is 4.91. The summed E-state index contributed by atoms with van der Waals surface area (Å²) in [4.78, 5) is 11.9. The van der Waals surface area contributed by atoms with Gasteiger partial charge < -0.3 is 10.1 Å². The fourth-order valence-electron chi connectivity index (χ4n) is 2.18. The van der Waals surface area contributed by atoms with Gasteiger partial charge in [-0.15, -0.1) is 0 Å². The molecule has 1 amide bonds. The number of carbonyl (C=O) groups is 1. The topological polar surface area (TPSA) is 38.3 Å². The molecule has 0 bridgehead atoms. The lowest BCUT2D eigenvalue weighted by molar-refractivity contribution is -0.121. The van der Waals surface area contributed by atoms with Gasteiger partial charge in [0, 0.05) is 18.5 Å². The lowest BCUT2D eigenvalue weighted by Gasteiger charge is -2.10. The lowest BCUT2D eigenvalue weighted by Crippen LogP contribution is -2.23. The highest BCUT2D eigenvalue weighted by molar-refractivity contribution is 5.76. The van der Waals surface area contributed by atoms with E-state index in [1.165, 1.54) is 6.07 Å². The second kappa shape index (κ2) is 8.17. The van der Waals surface area contributed by atoms with Gasteiger partial charge in [0.15, 0.2) is 0 Å². The lowest BCUT2D eigenvalue weighted by atomic mass is 10.1. The van der Waals surface area contributed by atoms with E-state index in [4.69, 9.17) is 4.74 Å². The summed E-state index contributed by atoms with van der Waals surface area (Å²) in [6.45, 7) is 2.73. The van der Waals surface area contributed by atoms with Crippen LogP contribution in [-0.4, -0.2) is 12.5 Å². The van der Waals surface area contributed by atoms with Gasteiger partial charge in [0.1, 0.15) is 11.6 Å². The number of carbonyl (C=O) groups excluding carboxylic acids is 1. The zero-order valence-corrected chi connectivity index (χ0v) is 12.6. The van der Waals surface area contributed by atoms with Gasteiger partial charge in [-0.25, -0.2) is 4.39 Å². The van der Waals surface area contributed by atoms with Crippen LogP contribution in [0.15, 0.2) is 48.5 Å². The molecule has 3 nitrogen and oxygen atoms in total. The van der Waals surface area contributed by atoms with E-state index in [1.807, 2.05) is 31.2 Å². The Morgan fingerprint density at radius 3 is 2.50 bits per heavy atom. The molecule has 0 radical (unpaired) electrons. The molecule has 22 heavy (non-hydrogen) atoms. The predicted octanol–water partition coefficient (Wildman–Crippen LogP) is 3.47. The molecule has 0 spiro atoms. The minimum Gasteiger partial charge on any atom is -0.494 e. The second-order valence-electron chi connectivity index (χ2n) is 4.91. The quantitative estimate of drug-likeness (QED) is 0.850. The van der Waals surface area contributed by atoms with Crippen molar-refractivity contribution in [2.24, 2.45) is 0 Å². The largest absolute Gasteiger partial charge is 0.494 e. The number of benzene rings is 2. The number of ether oxygens (including phenoxy) is 1. The Bertz CT molecular complexity index is 628. The first kappa shape index (κ1) is 16.0. The van der Waals surface area contributed by atoms with Gasteiger partial charge in [-0.2, -0.15) is 0 Å². The predicted molar refractivity (Wildman–Crippen MR) is 84.2 cm³/mol. The zero-order chi connectivity index (χ0) is 15.8. The van der Waals surface area contributed by atoms with Crippen LogP contribution in [0.25, 0.3) is 0 Å². The van der Waals surface area contributed by atoms with E-state index in [0.29, 0.717) is 25.0 Å². The van der Waals surface area contributed by atoms with Gasteiger partial charge in [-0.05, 0) is 31.0 Å². The Morgan fingerprint density at radius 1 is 1.09 bits per heavy atom. The molecule has 4 heteroatoms. The molecule has 0 heterocycles. The Morgan fingerprint density at radius 2 is 1.77 bits per heavy atom. The molecule has 0 fully saturated rings. The molecule has 2 aromatic rings. The van der Waals surface area contributed by atoms with Gasteiger partial charge in [0.2, 0.25) is 5.91 Å². The van der Waals surface area contributed by atoms with E-state index < -0.39 is 0 Å². The van der Waals surface area contributed by atoms with E-state index in [2.05, 4.69) is 5.32 Å². The third-order valence-electron chi connectivity index (χ3n) is 3.33. The van der Waals surface area contributed by atoms with Crippen LogP contribution in [-0.2, 0) is 17.8 Å². The third-order valence-corrected chi connectivity index (χ3v) is 3.33. The SMILES string of the molecule is CCOc1ccccc1CCC(=O)NCc1ccccc1F. The number of nitrogens with one attached hydrogen (secondary N) is 1. The molecule has 1 N–H and O–H groups in total. The average Bonchev–Trinajstić information content (AvgIpc) is 2.53. The van der Waals surface area contributed by atoms with E-state index in [0.717, 1.165) is 11.3 Å². The number of halogens is 1. The number of rotatable bonds is 7. The molecule has 0 aromatic heterocycles. The van der Waals surface area contributed by atoms with Crippen molar-refractivity contribution >= 4 is 5.91 Å². The average molecular weight is 301 g/mol. The molecular weight excluding hydrogens is 281 g/mol. The summed E-state index contributed by atoms with van der Waals surface area (Å²) in [5, 5.41) is 2.74. The molecule has 0 aliphatic rings. The monoisotopic (exact) mass is 301 g/mol. The van der Waals surface area contributed by atoms with Crippen molar-refractivity contribution in [1.82, 2.24) is 5.32 Å². The van der Waals surface area contributed by atoms with Crippen molar-refractivity contribution < 1.29 is 13.9 Å². The molecule has 2 rings (SSSR count). The number of amides is 1. The van der Waals surface area contributed by atoms with Gasteiger partial charge in [-0.1, -0.05) is 36.4 Å². The fraction of sp³-hybridized carbons (Fsp3) is 0.278. The van der Waals surface area contributed by atoms with Crippen LogP contribution in [0.1, 0.15) is 24.5 Å². The Labute approximate surface area is 130 Å². The third kappa shape index (κ3) is 4.58. The van der Waals surface area contributed by atoms with E-state index in [9.17, 15) is 9.18 Å². The number of aryl methyl sites for hydroxylation is 1. The highest BCUT2D eigenvalue weighted by Crippen LogP contribution is 2.19. The summed E-state index contributed by atoms with van der Waals surface area (Å²) in [6, 6.07) is 14.1. The van der Waals surface area contributed by atoms with Crippen LogP contribution in [0.2, 0.25) is 0 Å². The van der Waals surface area contributed by atoms with Crippen molar-refractivity contribution in [1.29, 1.82) is 0 Å². The van der Waals surface area contributed by atoms with Crippen LogP contribution in [0, 0.1) is 5.82 Å². The minimum absolute atomic E-state index is 0.102. The molecule has 0 aliphatic carbocycles. The van der Waals surface area contributed by atoms with Gasteiger partial charge >= 0.3 is 0 Å². The van der Waals surface area contributed by atoms with Crippen LogP contribution in [0.5, 0.6) is 5.75 Å². The molecule has 0 atom stereocenters. The first-order valence-corrected chi connectivity index (χ1v) is 7.41. The summed E-state index contributed by atoms with van der Waals surface area (Å²) in [5.41, 5.74) is 1.50. The van der Waals surface area contributed by atoms with Gasteiger partial charge in [0.05, 0.1) is 6.61 Å². The maximum atomic E-state index is 13.5. The molecule has 116 valence electrons. The highest BCUT2D eigenvalue weighted by atomic mass is 19.1. The van der Waals surface area contributed by atoms with E-state index >= 15 is 0 Å². The Hall–Kier alpha value is -2.36. The Balaban J connectivity index is 1.84. The van der Waals surface area contributed by atoms with Crippen LogP contribution in [0.3, 0.4) is 0 Å². The number of hydrogen-bond acceptors (Lipinski definition) is 2.